The number of benzene rings is 2. The molecule has 0 spiro atoms. The molecule has 1 aromatic heterocycles. The molecule has 0 bridgehead atoms. The number of nitrogens with zero attached hydrogens (tertiary/aromatic N) is 2. The van der Waals surface area contributed by atoms with Crippen LogP contribution in [0, 0.1) is 19.7 Å². The minimum absolute atomic E-state index is 0.115. The fourth-order valence-corrected chi connectivity index (χ4v) is 2.78. The van der Waals surface area contributed by atoms with Gasteiger partial charge in [0.2, 0.25) is 0 Å². The SMILES string of the molecule is Cc1cc(/C=N\NC(=O)COc2ccccc2)c(C)n1-c1ccc(F)cc1. The van der Waals surface area contributed by atoms with Gasteiger partial charge in [-0.2, -0.15) is 5.10 Å². The summed E-state index contributed by atoms with van der Waals surface area (Å²) in [5, 5.41) is 4.00. The van der Waals surface area contributed by atoms with E-state index in [1.165, 1.54) is 12.1 Å². The van der Waals surface area contributed by atoms with Gasteiger partial charge in [-0.05, 0) is 56.3 Å². The van der Waals surface area contributed by atoms with E-state index < -0.39 is 0 Å². The van der Waals surface area contributed by atoms with Crippen LogP contribution in [-0.2, 0) is 4.79 Å². The van der Waals surface area contributed by atoms with Crippen molar-refractivity contribution in [1.29, 1.82) is 0 Å². The Morgan fingerprint density at radius 1 is 1.15 bits per heavy atom. The summed E-state index contributed by atoms with van der Waals surface area (Å²) in [4.78, 5) is 11.8. The molecule has 0 fully saturated rings. The molecule has 0 unspecified atom stereocenters. The third-order valence-electron chi connectivity index (χ3n) is 4.06. The molecule has 0 aliphatic carbocycles. The Kier molecular flexibility index (Phi) is 5.66. The largest absolute Gasteiger partial charge is 0.484 e. The van der Waals surface area contributed by atoms with Gasteiger partial charge >= 0.3 is 0 Å². The van der Waals surface area contributed by atoms with Gasteiger partial charge in [0.15, 0.2) is 6.61 Å². The van der Waals surface area contributed by atoms with Crippen LogP contribution in [0.1, 0.15) is 17.0 Å². The molecular formula is C21H20FN3O2. The second kappa shape index (κ2) is 8.31. The Morgan fingerprint density at radius 2 is 1.85 bits per heavy atom. The number of amides is 1. The molecular weight excluding hydrogens is 345 g/mol. The van der Waals surface area contributed by atoms with E-state index in [0.29, 0.717) is 5.75 Å². The van der Waals surface area contributed by atoms with Crippen molar-refractivity contribution in [2.75, 3.05) is 6.61 Å². The second-order valence-corrected chi connectivity index (χ2v) is 6.03. The summed E-state index contributed by atoms with van der Waals surface area (Å²) in [6.07, 6.45) is 1.59. The Bertz CT molecular complexity index is 948. The molecule has 5 nitrogen and oxygen atoms in total. The first-order valence-corrected chi connectivity index (χ1v) is 8.49. The van der Waals surface area contributed by atoms with Crippen LogP contribution in [-0.4, -0.2) is 23.3 Å². The molecule has 0 radical (unpaired) electrons. The molecule has 0 saturated heterocycles. The number of rotatable bonds is 6. The first-order chi connectivity index (χ1) is 13.0. The van der Waals surface area contributed by atoms with E-state index >= 15 is 0 Å². The Balaban J connectivity index is 1.63. The number of hydrogen-bond donors (Lipinski definition) is 1. The molecule has 0 atom stereocenters. The zero-order valence-corrected chi connectivity index (χ0v) is 15.1. The average molecular weight is 365 g/mol. The molecule has 1 N–H and O–H groups in total. The number of carbonyl (C=O) groups excluding carboxylic acids is 1. The molecule has 6 heteroatoms. The normalized spacial score (nSPS) is 10.9. The number of hydrazone groups is 1. The standard InChI is InChI=1S/C21H20FN3O2/c1-15-12-17(16(2)25(15)19-10-8-18(22)9-11-19)13-23-24-21(26)14-27-20-6-4-3-5-7-20/h3-13H,14H2,1-2H3,(H,24,26)/b23-13-. The van der Waals surface area contributed by atoms with Crippen LogP contribution in [0.4, 0.5) is 4.39 Å². The summed E-state index contributed by atoms with van der Waals surface area (Å²) in [5.41, 5.74) is 6.11. The van der Waals surface area contributed by atoms with E-state index in [4.69, 9.17) is 4.74 Å². The Morgan fingerprint density at radius 3 is 2.56 bits per heavy atom. The molecule has 0 saturated carbocycles. The lowest BCUT2D eigenvalue weighted by Gasteiger charge is -2.09. The minimum atomic E-state index is -0.345. The van der Waals surface area contributed by atoms with Crippen LogP contribution < -0.4 is 10.2 Å². The van der Waals surface area contributed by atoms with Gasteiger partial charge < -0.3 is 9.30 Å². The lowest BCUT2D eigenvalue weighted by Crippen LogP contribution is -2.24. The molecule has 0 aliphatic rings. The smallest absolute Gasteiger partial charge is 0.277 e. The highest BCUT2D eigenvalue weighted by Gasteiger charge is 2.09. The number of ether oxygens (including phenoxy) is 1. The molecule has 1 amide bonds. The van der Waals surface area contributed by atoms with Crippen LogP contribution >= 0.6 is 0 Å². The third-order valence-corrected chi connectivity index (χ3v) is 4.06. The van der Waals surface area contributed by atoms with E-state index in [1.54, 1.807) is 30.5 Å². The van der Waals surface area contributed by atoms with Crippen molar-refractivity contribution in [2.45, 2.75) is 13.8 Å². The zero-order chi connectivity index (χ0) is 19.2. The predicted molar refractivity (Wildman–Crippen MR) is 103 cm³/mol. The van der Waals surface area contributed by atoms with E-state index in [-0.39, 0.29) is 18.3 Å². The lowest BCUT2D eigenvalue weighted by atomic mass is 10.2. The van der Waals surface area contributed by atoms with Crippen LogP contribution in [0.5, 0.6) is 5.75 Å². The molecule has 138 valence electrons. The summed E-state index contributed by atoms with van der Waals surface area (Å²) in [6.45, 7) is 3.79. The number of halogens is 1. The maximum absolute atomic E-state index is 13.1. The summed E-state index contributed by atoms with van der Waals surface area (Å²) in [6, 6.07) is 17.3. The number of aromatic nitrogens is 1. The molecule has 2 aromatic carbocycles. The quantitative estimate of drug-likeness (QED) is 0.534. The van der Waals surface area contributed by atoms with Gasteiger partial charge in [0, 0.05) is 22.6 Å². The maximum atomic E-state index is 13.1. The van der Waals surface area contributed by atoms with Crippen LogP contribution in [0.3, 0.4) is 0 Å². The summed E-state index contributed by atoms with van der Waals surface area (Å²) in [7, 11) is 0. The second-order valence-electron chi connectivity index (χ2n) is 6.03. The third kappa shape index (κ3) is 4.61. The van der Waals surface area contributed by atoms with Gasteiger partial charge in [0.1, 0.15) is 11.6 Å². The molecule has 3 rings (SSSR count). The van der Waals surface area contributed by atoms with Crippen LogP contribution in [0.25, 0.3) is 5.69 Å². The van der Waals surface area contributed by atoms with E-state index in [0.717, 1.165) is 22.6 Å². The fourth-order valence-electron chi connectivity index (χ4n) is 2.78. The number of hydrogen-bond acceptors (Lipinski definition) is 3. The van der Waals surface area contributed by atoms with Crippen molar-refractivity contribution in [3.63, 3.8) is 0 Å². The highest BCUT2D eigenvalue weighted by molar-refractivity contribution is 5.84. The molecule has 3 aromatic rings. The van der Waals surface area contributed by atoms with Gasteiger partial charge in [-0.1, -0.05) is 18.2 Å². The lowest BCUT2D eigenvalue weighted by molar-refractivity contribution is -0.123. The summed E-state index contributed by atoms with van der Waals surface area (Å²) < 4.78 is 20.5. The van der Waals surface area contributed by atoms with Crippen molar-refractivity contribution >= 4 is 12.1 Å². The Hall–Kier alpha value is -3.41. The van der Waals surface area contributed by atoms with Crippen LogP contribution in [0.15, 0.2) is 65.8 Å². The van der Waals surface area contributed by atoms with Gasteiger partial charge in [-0.25, -0.2) is 9.82 Å². The molecule has 0 aliphatic heterocycles. The molecule has 1 heterocycles. The number of para-hydroxylation sites is 1. The van der Waals surface area contributed by atoms with Gasteiger partial charge in [0.05, 0.1) is 6.21 Å². The predicted octanol–water partition coefficient (Wildman–Crippen LogP) is 3.76. The maximum Gasteiger partial charge on any atom is 0.277 e. The van der Waals surface area contributed by atoms with Crippen molar-refractivity contribution in [2.24, 2.45) is 5.10 Å². The first kappa shape index (κ1) is 18.4. The Labute approximate surface area is 157 Å². The highest BCUT2D eigenvalue weighted by atomic mass is 19.1. The monoisotopic (exact) mass is 365 g/mol. The van der Waals surface area contributed by atoms with Crippen molar-refractivity contribution in [3.8, 4) is 11.4 Å². The molecule has 27 heavy (non-hydrogen) atoms. The van der Waals surface area contributed by atoms with E-state index in [2.05, 4.69) is 10.5 Å². The van der Waals surface area contributed by atoms with Gasteiger partial charge in [-0.15, -0.1) is 0 Å². The number of aryl methyl sites for hydroxylation is 1. The summed E-state index contributed by atoms with van der Waals surface area (Å²) in [5.74, 6) is 0.00495. The average Bonchev–Trinajstić information content (AvgIpc) is 2.95. The van der Waals surface area contributed by atoms with Gasteiger partial charge in [0.25, 0.3) is 5.91 Å². The first-order valence-electron chi connectivity index (χ1n) is 8.49. The topological polar surface area (TPSA) is 55.6 Å². The van der Waals surface area contributed by atoms with Gasteiger partial charge in [-0.3, -0.25) is 4.79 Å². The zero-order valence-electron chi connectivity index (χ0n) is 15.1. The minimum Gasteiger partial charge on any atom is -0.484 e. The van der Waals surface area contributed by atoms with E-state index in [1.807, 2.05) is 42.7 Å². The van der Waals surface area contributed by atoms with E-state index in [9.17, 15) is 9.18 Å². The van der Waals surface area contributed by atoms with Crippen LogP contribution in [0.2, 0.25) is 0 Å². The summed E-state index contributed by atoms with van der Waals surface area (Å²) >= 11 is 0. The number of nitrogens with one attached hydrogen (secondary N) is 1. The number of carbonyl (C=O) groups is 1. The van der Waals surface area contributed by atoms with Crippen molar-refractivity contribution < 1.29 is 13.9 Å². The van der Waals surface area contributed by atoms with Crippen molar-refractivity contribution in [3.05, 3.63) is 83.4 Å². The fraction of sp³-hybridized carbons (Fsp3) is 0.143. The highest BCUT2D eigenvalue weighted by Crippen LogP contribution is 2.20. The van der Waals surface area contributed by atoms with Crippen molar-refractivity contribution in [1.82, 2.24) is 9.99 Å².